The zero-order valence-corrected chi connectivity index (χ0v) is 8.36. The first-order chi connectivity index (χ1) is 6.70. The highest BCUT2D eigenvalue weighted by Gasteiger charge is 2.09. The van der Waals surface area contributed by atoms with Crippen LogP contribution < -0.4 is 0 Å². The highest BCUT2D eigenvalue weighted by Crippen LogP contribution is 2.26. The molecule has 0 bridgehead atoms. The van der Waals surface area contributed by atoms with Crippen LogP contribution in [0.5, 0.6) is 0 Å². The Morgan fingerprint density at radius 2 is 2.07 bits per heavy atom. The summed E-state index contributed by atoms with van der Waals surface area (Å²) in [4.78, 5) is 4.09. The maximum Gasteiger partial charge on any atom is 0.0771 e. The number of aryl methyl sites for hydroxylation is 1. The van der Waals surface area contributed by atoms with E-state index < -0.39 is 6.10 Å². The molecule has 0 saturated carbocycles. The Labute approximate surface area is 83.2 Å². The van der Waals surface area contributed by atoms with Crippen molar-refractivity contribution in [1.82, 2.24) is 4.98 Å². The van der Waals surface area contributed by atoms with Gasteiger partial charge in [-0.3, -0.25) is 4.98 Å². The smallest absolute Gasteiger partial charge is 0.0771 e. The quantitative estimate of drug-likeness (QED) is 0.744. The summed E-state index contributed by atoms with van der Waals surface area (Å²) in [7, 11) is 0. The third kappa shape index (κ3) is 1.38. The molecule has 1 N–H and O–H groups in total. The molecule has 2 nitrogen and oxygen atoms in total. The molecule has 1 heterocycles. The van der Waals surface area contributed by atoms with Crippen LogP contribution in [0.15, 0.2) is 30.6 Å². The first kappa shape index (κ1) is 9.16. The van der Waals surface area contributed by atoms with E-state index in [9.17, 15) is 5.11 Å². The van der Waals surface area contributed by atoms with Crippen molar-refractivity contribution in [3.63, 3.8) is 0 Å². The molecule has 0 aliphatic heterocycles. The van der Waals surface area contributed by atoms with Crippen molar-refractivity contribution in [2.45, 2.75) is 20.0 Å². The maximum atomic E-state index is 9.67. The predicted molar refractivity (Wildman–Crippen MR) is 57.1 cm³/mol. The lowest BCUT2D eigenvalue weighted by Crippen LogP contribution is -1.96. The average molecular weight is 187 g/mol. The van der Waals surface area contributed by atoms with Gasteiger partial charge in [0, 0.05) is 17.8 Å². The molecular formula is C12H13NO. The van der Waals surface area contributed by atoms with Gasteiger partial charge in [0.05, 0.1) is 6.10 Å². The molecule has 1 atom stereocenters. The number of fused-ring (bicyclic) bond motifs is 1. The Balaban J connectivity index is 2.83. The molecule has 0 saturated heterocycles. The molecule has 72 valence electrons. The Kier molecular flexibility index (Phi) is 2.22. The van der Waals surface area contributed by atoms with E-state index in [1.807, 2.05) is 25.3 Å². The largest absolute Gasteiger partial charge is 0.389 e. The molecule has 0 spiro atoms. The number of hydrogen-bond donors (Lipinski definition) is 1. The van der Waals surface area contributed by atoms with Crippen LogP contribution in [0.25, 0.3) is 10.8 Å². The van der Waals surface area contributed by atoms with Gasteiger partial charge >= 0.3 is 0 Å². The predicted octanol–water partition coefficient (Wildman–Crippen LogP) is 2.60. The van der Waals surface area contributed by atoms with Crippen LogP contribution in [0, 0.1) is 6.92 Å². The Morgan fingerprint density at radius 1 is 1.29 bits per heavy atom. The third-order valence-electron chi connectivity index (χ3n) is 2.50. The van der Waals surface area contributed by atoms with Crippen LogP contribution in [0.1, 0.15) is 24.2 Å². The highest BCUT2D eigenvalue weighted by molar-refractivity contribution is 5.86. The van der Waals surface area contributed by atoms with E-state index in [0.717, 1.165) is 21.9 Å². The second-order valence-corrected chi connectivity index (χ2v) is 3.57. The molecule has 0 aliphatic carbocycles. The minimum absolute atomic E-state index is 0.442. The van der Waals surface area contributed by atoms with Gasteiger partial charge in [0.25, 0.3) is 0 Å². The van der Waals surface area contributed by atoms with Crippen LogP contribution in [-0.2, 0) is 0 Å². The maximum absolute atomic E-state index is 9.67. The topological polar surface area (TPSA) is 33.1 Å². The average Bonchev–Trinajstić information content (AvgIpc) is 2.17. The molecule has 1 aromatic heterocycles. The summed E-state index contributed by atoms with van der Waals surface area (Å²) >= 11 is 0. The van der Waals surface area contributed by atoms with Gasteiger partial charge in [0.15, 0.2) is 0 Å². The van der Waals surface area contributed by atoms with Crippen LogP contribution in [0.4, 0.5) is 0 Å². The lowest BCUT2D eigenvalue weighted by molar-refractivity contribution is 0.200. The summed E-state index contributed by atoms with van der Waals surface area (Å²) in [6, 6.07) is 6.04. The van der Waals surface area contributed by atoms with Gasteiger partial charge in [-0.05, 0) is 36.4 Å². The summed E-state index contributed by atoms with van der Waals surface area (Å²) in [6.07, 6.45) is 3.14. The molecule has 2 aromatic rings. The minimum atomic E-state index is -0.442. The van der Waals surface area contributed by atoms with Crippen LogP contribution in [0.3, 0.4) is 0 Å². The number of nitrogens with zero attached hydrogens (tertiary/aromatic N) is 1. The molecule has 2 rings (SSSR count). The van der Waals surface area contributed by atoms with Crippen molar-refractivity contribution in [3.05, 3.63) is 41.7 Å². The van der Waals surface area contributed by atoms with Gasteiger partial charge in [0.2, 0.25) is 0 Å². The molecule has 0 fully saturated rings. The van der Waals surface area contributed by atoms with E-state index in [1.54, 1.807) is 13.1 Å². The fourth-order valence-corrected chi connectivity index (χ4v) is 1.85. The molecule has 1 unspecified atom stereocenters. The van der Waals surface area contributed by atoms with E-state index in [2.05, 4.69) is 11.1 Å². The van der Waals surface area contributed by atoms with Crippen molar-refractivity contribution >= 4 is 10.8 Å². The van der Waals surface area contributed by atoms with Gasteiger partial charge in [-0.15, -0.1) is 0 Å². The number of aliphatic hydroxyl groups excluding tert-OH is 1. The van der Waals surface area contributed by atoms with Crippen LogP contribution in [-0.4, -0.2) is 10.1 Å². The van der Waals surface area contributed by atoms with E-state index in [1.165, 1.54) is 0 Å². The van der Waals surface area contributed by atoms with E-state index in [-0.39, 0.29) is 0 Å². The minimum Gasteiger partial charge on any atom is -0.389 e. The zero-order chi connectivity index (χ0) is 10.1. The molecular weight excluding hydrogens is 174 g/mol. The number of benzene rings is 1. The monoisotopic (exact) mass is 187 g/mol. The van der Waals surface area contributed by atoms with E-state index in [0.29, 0.717) is 0 Å². The van der Waals surface area contributed by atoms with Gasteiger partial charge in [-0.25, -0.2) is 0 Å². The molecule has 1 aromatic carbocycles. The molecule has 0 radical (unpaired) electrons. The number of aromatic nitrogens is 1. The first-order valence-corrected chi connectivity index (χ1v) is 4.71. The Morgan fingerprint density at radius 3 is 2.79 bits per heavy atom. The fourth-order valence-electron chi connectivity index (χ4n) is 1.85. The molecule has 2 heteroatoms. The summed E-state index contributed by atoms with van der Waals surface area (Å²) in [5.74, 6) is 0. The first-order valence-electron chi connectivity index (χ1n) is 4.71. The van der Waals surface area contributed by atoms with Crippen molar-refractivity contribution < 1.29 is 5.11 Å². The third-order valence-corrected chi connectivity index (χ3v) is 2.50. The van der Waals surface area contributed by atoms with Crippen LogP contribution >= 0.6 is 0 Å². The van der Waals surface area contributed by atoms with Crippen molar-refractivity contribution in [2.75, 3.05) is 0 Å². The SMILES string of the molecule is Cc1ccc2ccncc2c1C(C)O. The Bertz CT molecular complexity index is 463. The summed E-state index contributed by atoms with van der Waals surface area (Å²) in [5, 5.41) is 11.8. The van der Waals surface area contributed by atoms with Crippen molar-refractivity contribution in [2.24, 2.45) is 0 Å². The highest BCUT2D eigenvalue weighted by atomic mass is 16.3. The number of pyridine rings is 1. The second-order valence-electron chi connectivity index (χ2n) is 3.57. The number of aliphatic hydroxyl groups is 1. The van der Waals surface area contributed by atoms with Crippen LogP contribution in [0.2, 0.25) is 0 Å². The molecule has 0 amide bonds. The van der Waals surface area contributed by atoms with Gasteiger partial charge in [-0.1, -0.05) is 12.1 Å². The zero-order valence-electron chi connectivity index (χ0n) is 8.36. The second kappa shape index (κ2) is 3.39. The molecule has 14 heavy (non-hydrogen) atoms. The van der Waals surface area contributed by atoms with Crippen molar-refractivity contribution in [1.29, 1.82) is 0 Å². The number of rotatable bonds is 1. The van der Waals surface area contributed by atoms with Gasteiger partial charge in [0.1, 0.15) is 0 Å². The lowest BCUT2D eigenvalue weighted by Gasteiger charge is -2.12. The fraction of sp³-hybridized carbons (Fsp3) is 0.250. The lowest BCUT2D eigenvalue weighted by atomic mass is 9.98. The van der Waals surface area contributed by atoms with Gasteiger partial charge in [-0.2, -0.15) is 0 Å². The number of hydrogen-bond acceptors (Lipinski definition) is 2. The standard InChI is InChI=1S/C12H13NO/c1-8-3-4-10-5-6-13-7-11(10)12(8)9(2)14/h3-7,9,14H,1-2H3. The summed E-state index contributed by atoms with van der Waals surface area (Å²) in [5.41, 5.74) is 2.09. The van der Waals surface area contributed by atoms with Crippen molar-refractivity contribution in [3.8, 4) is 0 Å². The normalized spacial score (nSPS) is 13.1. The Hall–Kier alpha value is -1.41. The van der Waals surface area contributed by atoms with Gasteiger partial charge < -0.3 is 5.11 Å². The summed E-state index contributed by atoms with van der Waals surface area (Å²) < 4.78 is 0. The summed E-state index contributed by atoms with van der Waals surface area (Å²) in [6.45, 7) is 3.79. The van der Waals surface area contributed by atoms with E-state index >= 15 is 0 Å². The van der Waals surface area contributed by atoms with E-state index in [4.69, 9.17) is 0 Å². The molecule has 0 aliphatic rings.